The van der Waals surface area contributed by atoms with E-state index in [0.717, 1.165) is 24.0 Å². The van der Waals surface area contributed by atoms with E-state index in [1.165, 1.54) is 12.8 Å². The molecule has 0 aliphatic heterocycles. The molecule has 1 saturated carbocycles. The number of hydrogen-bond donors (Lipinski definition) is 1. The topological polar surface area (TPSA) is 43.0 Å². The van der Waals surface area contributed by atoms with Crippen molar-refractivity contribution in [1.82, 2.24) is 14.9 Å². The minimum absolute atomic E-state index is 0.0607. The Labute approximate surface area is 101 Å². The molecule has 3 rings (SSSR count). The minimum Gasteiger partial charge on any atom is -0.467 e. The van der Waals surface area contributed by atoms with Gasteiger partial charge >= 0.3 is 0 Å². The SMILES string of the molecule is Cn1ccnc1C(NCC1CC1)c1ccco1. The summed E-state index contributed by atoms with van der Waals surface area (Å²) in [7, 11) is 2.01. The first-order valence-electron chi connectivity index (χ1n) is 6.08. The molecule has 0 aromatic carbocycles. The zero-order chi connectivity index (χ0) is 11.7. The van der Waals surface area contributed by atoms with Crippen LogP contribution in [0.3, 0.4) is 0 Å². The van der Waals surface area contributed by atoms with Gasteiger partial charge in [-0.25, -0.2) is 4.98 Å². The second-order valence-electron chi connectivity index (χ2n) is 4.70. The molecule has 0 spiro atoms. The van der Waals surface area contributed by atoms with E-state index in [4.69, 9.17) is 4.42 Å². The van der Waals surface area contributed by atoms with Gasteiger partial charge in [-0.1, -0.05) is 0 Å². The van der Waals surface area contributed by atoms with E-state index in [1.807, 2.05) is 36.1 Å². The van der Waals surface area contributed by atoms with E-state index in [-0.39, 0.29) is 6.04 Å². The lowest BCUT2D eigenvalue weighted by atomic mass is 10.2. The highest BCUT2D eigenvalue weighted by Gasteiger charge is 2.26. The average Bonchev–Trinajstić information content (AvgIpc) is 2.82. The van der Waals surface area contributed by atoms with Gasteiger partial charge in [0.05, 0.1) is 6.26 Å². The fourth-order valence-corrected chi connectivity index (χ4v) is 2.04. The third-order valence-electron chi connectivity index (χ3n) is 3.25. The molecule has 4 heteroatoms. The summed E-state index contributed by atoms with van der Waals surface area (Å²) in [5, 5.41) is 3.55. The summed E-state index contributed by atoms with van der Waals surface area (Å²) in [5.41, 5.74) is 0. The predicted molar refractivity (Wildman–Crippen MR) is 64.5 cm³/mol. The molecular formula is C13H17N3O. The lowest BCUT2D eigenvalue weighted by Crippen LogP contribution is -2.26. The smallest absolute Gasteiger partial charge is 0.133 e. The molecule has 1 atom stereocenters. The summed E-state index contributed by atoms with van der Waals surface area (Å²) in [6.07, 6.45) is 8.19. The summed E-state index contributed by atoms with van der Waals surface area (Å²) in [6.45, 7) is 1.04. The Morgan fingerprint density at radius 1 is 1.59 bits per heavy atom. The number of aryl methyl sites for hydroxylation is 1. The van der Waals surface area contributed by atoms with E-state index < -0.39 is 0 Å². The highest BCUT2D eigenvalue weighted by Crippen LogP contribution is 2.29. The highest BCUT2D eigenvalue weighted by molar-refractivity contribution is 5.15. The Balaban J connectivity index is 1.82. The van der Waals surface area contributed by atoms with Crippen molar-refractivity contribution in [2.24, 2.45) is 13.0 Å². The van der Waals surface area contributed by atoms with Gasteiger partial charge in [0.25, 0.3) is 0 Å². The van der Waals surface area contributed by atoms with E-state index in [1.54, 1.807) is 6.26 Å². The number of aromatic nitrogens is 2. The number of furan rings is 1. The van der Waals surface area contributed by atoms with Gasteiger partial charge in [0.1, 0.15) is 17.6 Å². The molecule has 0 radical (unpaired) electrons. The maximum Gasteiger partial charge on any atom is 0.133 e. The Morgan fingerprint density at radius 3 is 3.06 bits per heavy atom. The molecule has 2 aromatic heterocycles. The van der Waals surface area contributed by atoms with Crippen LogP contribution in [0.4, 0.5) is 0 Å². The molecule has 0 bridgehead atoms. The summed E-state index contributed by atoms with van der Waals surface area (Å²) in [5.74, 6) is 2.77. The lowest BCUT2D eigenvalue weighted by Gasteiger charge is -2.16. The molecule has 1 N–H and O–H groups in total. The number of hydrogen-bond acceptors (Lipinski definition) is 3. The van der Waals surface area contributed by atoms with Gasteiger partial charge in [-0.15, -0.1) is 0 Å². The first-order valence-corrected chi connectivity index (χ1v) is 6.08. The molecular weight excluding hydrogens is 214 g/mol. The Hall–Kier alpha value is -1.55. The summed E-state index contributed by atoms with van der Waals surface area (Å²) < 4.78 is 7.55. The van der Waals surface area contributed by atoms with Crippen molar-refractivity contribution in [2.75, 3.05) is 6.54 Å². The Morgan fingerprint density at radius 2 is 2.47 bits per heavy atom. The van der Waals surface area contributed by atoms with Crippen LogP contribution in [-0.4, -0.2) is 16.1 Å². The second kappa shape index (κ2) is 4.37. The molecule has 1 unspecified atom stereocenters. The van der Waals surface area contributed by atoms with Crippen LogP contribution in [0.15, 0.2) is 35.2 Å². The van der Waals surface area contributed by atoms with Crippen LogP contribution in [0.2, 0.25) is 0 Å². The van der Waals surface area contributed by atoms with Crippen molar-refractivity contribution in [3.63, 3.8) is 0 Å². The fourth-order valence-electron chi connectivity index (χ4n) is 2.04. The van der Waals surface area contributed by atoms with Crippen LogP contribution < -0.4 is 5.32 Å². The molecule has 2 aromatic rings. The number of imidazole rings is 1. The maximum absolute atomic E-state index is 5.51. The zero-order valence-electron chi connectivity index (χ0n) is 9.97. The van der Waals surface area contributed by atoms with Crippen molar-refractivity contribution in [3.05, 3.63) is 42.4 Å². The van der Waals surface area contributed by atoms with Crippen LogP contribution in [0.1, 0.15) is 30.5 Å². The number of nitrogens with one attached hydrogen (secondary N) is 1. The van der Waals surface area contributed by atoms with Crippen LogP contribution in [0, 0.1) is 5.92 Å². The summed E-state index contributed by atoms with van der Waals surface area (Å²) >= 11 is 0. The molecule has 17 heavy (non-hydrogen) atoms. The van der Waals surface area contributed by atoms with Gasteiger partial charge in [0.2, 0.25) is 0 Å². The highest BCUT2D eigenvalue weighted by atomic mass is 16.3. The fraction of sp³-hybridized carbons (Fsp3) is 0.462. The van der Waals surface area contributed by atoms with Gasteiger partial charge in [0.15, 0.2) is 0 Å². The summed E-state index contributed by atoms with van der Waals surface area (Å²) in [4.78, 5) is 4.41. The number of nitrogens with zero attached hydrogens (tertiary/aromatic N) is 2. The van der Waals surface area contributed by atoms with E-state index >= 15 is 0 Å². The molecule has 1 fully saturated rings. The Kier molecular flexibility index (Phi) is 2.73. The largest absolute Gasteiger partial charge is 0.467 e. The van der Waals surface area contributed by atoms with Crippen molar-refractivity contribution in [3.8, 4) is 0 Å². The predicted octanol–water partition coefficient (Wildman–Crippen LogP) is 2.10. The molecule has 0 saturated heterocycles. The third kappa shape index (κ3) is 2.26. The van der Waals surface area contributed by atoms with Crippen LogP contribution in [0.25, 0.3) is 0 Å². The molecule has 2 heterocycles. The molecule has 4 nitrogen and oxygen atoms in total. The standard InChI is InChI=1S/C13H17N3O/c1-16-7-6-14-13(16)12(11-3-2-8-17-11)15-9-10-4-5-10/h2-3,6-8,10,12,15H,4-5,9H2,1H3. The van der Waals surface area contributed by atoms with Crippen molar-refractivity contribution in [2.45, 2.75) is 18.9 Å². The monoisotopic (exact) mass is 231 g/mol. The quantitative estimate of drug-likeness (QED) is 0.857. The van der Waals surface area contributed by atoms with Crippen molar-refractivity contribution in [1.29, 1.82) is 0 Å². The van der Waals surface area contributed by atoms with Gasteiger partial charge < -0.3 is 14.3 Å². The van der Waals surface area contributed by atoms with Crippen molar-refractivity contribution < 1.29 is 4.42 Å². The zero-order valence-corrected chi connectivity index (χ0v) is 9.97. The average molecular weight is 231 g/mol. The minimum atomic E-state index is 0.0607. The Bertz CT molecular complexity index is 471. The molecule has 1 aliphatic carbocycles. The van der Waals surface area contributed by atoms with Crippen LogP contribution in [-0.2, 0) is 7.05 Å². The third-order valence-corrected chi connectivity index (χ3v) is 3.25. The first kappa shape index (κ1) is 10.6. The second-order valence-corrected chi connectivity index (χ2v) is 4.70. The van der Waals surface area contributed by atoms with Crippen LogP contribution >= 0.6 is 0 Å². The van der Waals surface area contributed by atoms with E-state index in [0.29, 0.717) is 0 Å². The van der Waals surface area contributed by atoms with Gasteiger partial charge in [-0.3, -0.25) is 0 Å². The van der Waals surface area contributed by atoms with Gasteiger partial charge in [-0.2, -0.15) is 0 Å². The van der Waals surface area contributed by atoms with E-state index in [9.17, 15) is 0 Å². The first-order chi connectivity index (χ1) is 8.34. The normalized spacial score (nSPS) is 17.2. The summed E-state index contributed by atoms with van der Waals surface area (Å²) in [6, 6.07) is 3.98. The van der Waals surface area contributed by atoms with Gasteiger partial charge in [-0.05, 0) is 37.4 Å². The lowest BCUT2D eigenvalue weighted by molar-refractivity contribution is 0.425. The van der Waals surface area contributed by atoms with Gasteiger partial charge in [0, 0.05) is 19.4 Å². The molecule has 1 aliphatic rings. The molecule has 0 amide bonds. The molecule has 90 valence electrons. The maximum atomic E-state index is 5.51. The van der Waals surface area contributed by atoms with E-state index in [2.05, 4.69) is 10.3 Å². The number of rotatable bonds is 5. The van der Waals surface area contributed by atoms with Crippen LogP contribution in [0.5, 0.6) is 0 Å². The van der Waals surface area contributed by atoms with Crippen molar-refractivity contribution >= 4 is 0 Å².